The molecule has 6 heteroatoms. The average molecular weight is 316 g/mol. The van der Waals surface area contributed by atoms with Gasteiger partial charge in [0, 0.05) is 4.47 Å². The van der Waals surface area contributed by atoms with Gasteiger partial charge in [-0.05, 0) is 31.2 Å². The summed E-state index contributed by atoms with van der Waals surface area (Å²) in [4.78, 5) is 21.9. The van der Waals surface area contributed by atoms with Gasteiger partial charge in [0.1, 0.15) is 11.8 Å². The summed E-state index contributed by atoms with van der Waals surface area (Å²) in [7, 11) is 0. The first-order valence-corrected chi connectivity index (χ1v) is 6.19. The second kappa shape index (κ2) is 7.00. The summed E-state index contributed by atoms with van der Waals surface area (Å²) in [5.74, 6) is -0.739. The Kier molecular flexibility index (Phi) is 5.64. The molecule has 0 aliphatic heterocycles. The molecule has 18 heavy (non-hydrogen) atoms. The van der Waals surface area contributed by atoms with Crippen LogP contribution in [0.1, 0.15) is 13.3 Å². The third-order valence-electron chi connectivity index (χ3n) is 2.16. The van der Waals surface area contributed by atoms with Crippen LogP contribution in [0.25, 0.3) is 0 Å². The highest BCUT2D eigenvalue weighted by atomic mass is 79.9. The van der Waals surface area contributed by atoms with E-state index >= 15 is 0 Å². The van der Waals surface area contributed by atoms with Crippen LogP contribution >= 0.6 is 15.9 Å². The summed E-state index contributed by atoms with van der Waals surface area (Å²) >= 11 is 3.30. The van der Waals surface area contributed by atoms with Crippen molar-refractivity contribution in [2.75, 3.05) is 6.61 Å². The molecule has 0 heterocycles. The van der Waals surface area contributed by atoms with Crippen LogP contribution in [-0.4, -0.2) is 29.6 Å². The number of carboxylic acids is 1. The molecule has 1 amide bonds. The molecule has 1 aromatic rings. The zero-order valence-corrected chi connectivity index (χ0v) is 11.4. The third-order valence-corrected chi connectivity index (χ3v) is 2.69. The molecule has 1 atom stereocenters. The highest BCUT2D eigenvalue weighted by molar-refractivity contribution is 9.10. The van der Waals surface area contributed by atoms with Crippen LogP contribution in [0.3, 0.4) is 0 Å². The van der Waals surface area contributed by atoms with E-state index in [0.29, 0.717) is 5.75 Å². The fourth-order valence-corrected chi connectivity index (χ4v) is 1.43. The van der Waals surface area contributed by atoms with Crippen LogP contribution in [0.4, 0.5) is 0 Å². The minimum atomic E-state index is -1.06. The van der Waals surface area contributed by atoms with Crippen molar-refractivity contribution in [3.8, 4) is 5.75 Å². The molecule has 0 aliphatic rings. The van der Waals surface area contributed by atoms with Gasteiger partial charge in [-0.1, -0.05) is 15.9 Å². The van der Waals surface area contributed by atoms with E-state index in [4.69, 9.17) is 9.84 Å². The summed E-state index contributed by atoms with van der Waals surface area (Å²) in [6.07, 6.45) is 0.119. The van der Waals surface area contributed by atoms with E-state index < -0.39 is 12.0 Å². The van der Waals surface area contributed by atoms with Crippen LogP contribution in [-0.2, 0) is 9.59 Å². The van der Waals surface area contributed by atoms with Gasteiger partial charge in [0.25, 0.3) is 0 Å². The molecule has 0 spiro atoms. The van der Waals surface area contributed by atoms with Crippen LogP contribution in [0.2, 0.25) is 0 Å². The van der Waals surface area contributed by atoms with Crippen molar-refractivity contribution in [2.24, 2.45) is 0 Å². The van der Waals surface area contributed by atoms with Crippen molar-refractivity contribution in [1.82, 2.24) is 5.32 Å². The number of benzene rings is 1. The molecule has 1 unspecified atom stereocenters. The lowest BCUT2D eigenvalue weighted by Crippen LogP contribution is -2.38. The lowest BCUT2D eigenvalue weighted by molar-refractivity contribution is -0.141. The maximum Gasteiger partial charge on any atom is 0.325 e. The second-order valence-corrected chi connectivity index (χ2v) is 4.60. The number of rotatable bonds is 6. The van der Waals surface area contributed by atoms with Crippen LogP contribution in [0, 0.1) is 0 Å². The molecular weight excluding hydrogens is 302 g/mol. The lowest BCUT2D eigenvalue weighted by Gasteiger charge is -2.10. The van der Waals surface area contributed by atoms with E-state index in [0.717, 1.165) is 4.47 Å². The van der Waals surface area contributed by atoms with Crippen molar-refractivity contribution in [1.29, 1.82) is 0 Å². The van der Waals surface area contributed by atoms with E-state index in [1.165, 1.54) is 6.92 Å². The van der Waals surface area contributed by atoms with Gasteiger partial charge < -0.3 is 15.2 Å². The summed E-state index contributed by atoms with van der Waals surface area (Å²) in [6, 6.07) is 6.35. The Labute approximate surface area is 113 Å². The molecule has 1 rings (SSSR count). The molecule has 0 aliphatic carbocycles. The first kappa shape index (κ1) is 14.5. The van der Waals surface area contributed by atoms with Gasteiger partial charge in [0.05, 0.1) is 13.0 Å². The highest BCUT2D eigenvalue weighted by Gasteiger charge is 2.13. The molecule has 0 saturated carbocycles. The Balaban J connectivity index is 2.27. The van der Waals surface area contributed by atoms with E-state index in [1.54, 1.807) is 12.1 Å². The van der Waals surface area contributed by atoms with E-state index in [2.05, 4.69) is 21.2 Å². The standard InChI is InChI=1S/C12H14BrNO4/c1-8(12(16)17)14-11(15)6-7-18-10-4-2-9(13)3-5-10/h2-5,8H,6-7H2,1H3,(H,14,15)(H,16,17). The molecular formula is C12H14BrNO4. The first-order valence-electron chi connectivity index (χ1n) is 5.39. The Hall–Kier alpha value is -1.56. The Morgan fingerprint density at radius 2 is 2.00 bits per heavy atom. The van der Waals surface area contributed by atoms with Crippen molar-refractivity contribution in [3.05, 3.63) is 28.7 Å². The van der Waals surface area contributed by atoms with Crippen molar-refractivity contribution >= 4 is 27.8 Å². The Morgan fingerprint density at radius 3 is 2.56 bits per heavy atom. The van der Waals surface area contributed by atoms with Gasteiger partial charge in [-0.25, -0.2) is 0 Å². The maximum atomic E-state index is 11.3. The van der Waals surface area contributed by atoms with Crippen LogP contribution in [0.5, 0.6) is 5.75 Å². The largest absolute Gasteiger partial charge is 0.493 e. The normalized spacial score (nSPS) is 11.7. The number of ether oxygens (including phenoxy) is 1. The third kappa shape index (κ3) is 5.18. The average Bonchev–Trinajstić information content (AvgIpc) is 2.31. The Morgan fingerprint density at radius 1 is 1.39 bits per heavy atom. The number of nitrogens with one attached hydrogen (secondary N) is 1. The quantitative estimate of drug-likeness (QED) is 0.839. The minimum Gasteiger partial charge on any atom is -0.493 e. The molecule has 2 N–H and O–H groups in total. The fraction of sp³-hybridized carbons (Fsp3) is 0.333. The molecule has 0 fully saturated rings. The highest BCUT2D eigenvalue weighted by Crippen LogP contribution is 2.16. The number of hydrogen-bond acceptors (Lipinski definition) is 3. The number of carboxylic acid groups (broad SMARTS) is 1. The maximum absolute atomic E-state index is 11.3. The SMILES string of the molecule is CC(NC(=O)CCOc1ccc(Br)cc1)C(=O)O. The van der Waals surface area contributed by atoms with Crippen LogP contribution < -0.4 is 10.1 Å². The van der Waals surface area contributed by atoms with Gasteiger partial charge in [0.15, 0.2) is 0 Å². The zero-order valence-electron chi connectivity index (χ0n) is 9.85. The number of carbonyl (C=O) groups excluding carboxylic acids is 1. The molecule has 1 aromatic carbocycles. The van der Waals surface area contributed by atoms with Crippen LogP contribution in [0.15, 0.2) is 28.7 Å². The molecule has 5 nitrogen and oxygen atoms in total. The monoisotopic (exact) mass is 315 g/mol. The predicted molar refractivity (Wildman–Crippen MR) is 69.5 cm³/mol. The number of carbonyl (C=O) groups is 2. The summed E-state index contributed by atoms with van der Waals surface area (Å²) in [5.41, 5.74) is 0. The lowest BCUT2D eigenvalue weighted by atomic mass is 10.3. The van der Waals surface area contributed by atoms with Gasteiger partial charge >= 0.3 is 5.97 Å². The number of amides is 1. The molecule has 0 bridgehead atoms. The van der Waals surface area contributed by atoms with E-state index in [9.17, 15) is 9.59 Å². The molecule has 0 radical (unpaired) electrons. The summed E-state index contributed by atoms with van der Waals surface area (Å²) in [5, 5.41) is 11.0. The van der Waals surface area contributed by atoms with Crippen molar-refractivity contribution < 1.29 is 19.4 Å². The number of aliphatic carboxylic acids is 1. The van der Waals surface area contributed by atoms with Gasteiger partial charge in [-0.3, -0.25) is 9.59 Å². The zero-order chi connectivity index (χ0) is 13.5. The fourth-order valence-electron chi connectivity index (χ4n) is 1.17. The van der Waals surface area contributed by atoms with Gasteiger partial charge in [0.2, 0.25) is 5.91 Å². The van der Waals surface area contributed by atoms with Gasteiger partial charge in [-0.2, -0.15) is 0 Å². The van der Waals surface area contributed by atoms with E-state index in [1.807, 2.05) is 12.1 Å². The molecule has 0 saturated heterocycles. The topological polar surface area (TPSA) is 75.6 Å². The van der Waals surface area contributed by atoms with E-state index in [-0.39, 0.29) is 18.9 Å². The summed E-state index contributed by atoms with van der Waals surface area (Å²) in [6.45, 7) is 1.62. The first-order chi connectivity index (χ1) is 8.49. The van der Waals surface area contributed by atoms with Crippen molar-refractivity contribution in [3.63, 3.8) is 0 Å². The summed E-state index contributed by atoms with van der Waals surface area (Å²) < 4.78 is 6.29. The minimum absolute atomic E-state index is 0.119. The number of hydrogen-bond donors (Lipinski definition) is 2. The predicted octanol–water partition coefficient (Wildman–Crippen LogP) is 1.81. The molecule has 98 valence electrons. The number of halogens is 1. The molecule has 0 aromatic heterocycles. The smallest absolute Gasteiger partial charge is 0.325 e. The second-order valence-electron chi connectivity index (χ2n) is 3.68. The van der Waals surface area contributed by atoms with Gasteiger partial charge in [-0.15, -0.1) is 0 Å². The van der Waals surface area contributed by atoms with Crippen molar-refractivity contribution in [2.45, 2.75) is 19.4 Å². The Bertz CT molecular complexity index is 419.